The van der Waals surface area contributed by atoms with Crippen LogP contribution in [-0.2, 0) is 6.54 Å². The van der Waals surface area contributed by atoms with Gasteiger partial charge in [-0.15, -0.1) is 0 Å². The third-order valence-corrected chi connectivity index (χ3v) is 4.78. The lowest BCUT2D eigenvalue weighted by Crippen LogP contribution is -2.36. The summed E-state index contributed by atoms with van der Waals surface area (Å²) in [6, 6.07) is 4.89. The SMILES string of the molecule is O=C(NC1CC1)c1nn2c(c1-c1ccc(Cl)c(Cl)c1)OCC(F)(F)C2. The van der Waals surface area contributed by atoms with Crippen LogP contribution < -0.4 is 10.1 Å². The molecule has 0 bridgehead atoms. The smallest absolute Gasteiger partial charge is 0.300 e. The molecule has 1 saturated carbocycles. The molecule has 2 aromatic rings. The van der Waals surface area contributed by atoms with E-state index < -0.39 is 25.0 Å². The zero-order valence-electron chi connectivity index (χ0n) is 12.9. The van der Waals surface area contributed by atoms with Crippen molar-refractivity contribution < 1.29 is 18.3 Å². The second kappa shape index (κ2) is 5.85. The molecule has 132 valence electrons. The van der Waals surface area contributed by atoms with Gasteiger partial charge in [-0.3, -0.25) is 4.79 Å². The molecule has 2 heterocycles. The average Bonchev–Trinajstić information content (AvgIpc) is 3.27. The Labute approximate surface area is 151 Å². The predicted molar refractivity (Wildman–Crippen MR) is 88.6 cm³/mol. The zero-order chi connectivity index (χ0) is 17.8. The summed E-state index contributed by atoms with van der Waals surface area (Å²) in [4.78, 5) is 12.5. The number of hydrogen-bond donors (Lipinski definition) is 1. The van der Waals surface area contributed by atoms with Crippen LogP contribution in [0.5, 0.6) is 5.88 Å². The fourth-order valence-corrected chi connectivity index (χ4v) is 2.99. The number of halogens is 4. The molecule has 2 aliphatic rings. The highest BCUT2D eigenvalue weighted by atomic mass is 35.5. The number of amides is 1. The molecule has 5 nitrogen and oxygen atoms in total. The van der Waals surface area contributed by atoms with Crippen LogP contribution in [0.2, 0.25) is 10.0 Å². The largest absolute Gasteiger partial charge is 0.471 e. The molecule has 1 fully saturated rings. The topological polar surface area (TPSA) is 56.2 Å². The highest BCUT2D eigenvalue weighted by Gasteiger charge is 2.40. The van der Waals surface area contributed by atoms with E-state index in [1.54, 1.807) is 18.2 Å². The minimum atomic E-state index is -3.04. The Morgan fingerprint density at radius 2 is 2.08 bits per heavy atom. The Kier molecular flexibility index (Phi) is 3.88. The third kappa shape index (κ3) is 3.18. The van der Waals surface area contributed by atoms with Gasteiger partial charge in [0.25, 0.3) is 5.91 Å². The van der Waals surface area contributed by atoms with E-state index in [0.29, 0.717) is 16.1 Å². The van der Waals surface area contributed by atoms with Crippen LogP contribution in [0.15, 0.2) is 18.2 Å². The molecular weight excluding hydrogens is 375 g/mol. The van der Waals surface area contributed by atoms with Gasteiger partial charge in [0.2, 0.25) is 5.88 Å². The van der Waals surface area contributed by atoms with E-state index >= 15 is 0 Å². The van der Waals surface area contributed by atoms with Crippen LogP contribution in [0.25, 0.3) is 11.1 Å². The Hall–Kier alpha value is -1.86. The lowest BCUT2D eigenvalue weighted by molar-refractivity contribution is -0.0793. The summed E-state index contributed by atoms with van der Waals surface area (Å²) in [5.74, 6) is -3.33. The number of benzene rings is 1. The maximum Gasteiger partial charge on any atom is 0.300 e. The number of hydrogen-bond acceptors (Lipinski definition) is 3. The van der Waals surface area contributed by atoms with Gasteiger partial charge < -0.3 is 10.1 Å². The molecule has 1 amide bonds. The van der Waals surface area contributed by atoms with Crippen LogP contribution in [-0.4, -0.2) is 34.3 Å². The van der Waals surface area contributed by atoms with Crippen molar-refractivity contribution in [1.82, 2.24) is 15.1 Å². The fourth-order valence-electron chi connectivity index (χ4n) is 2.69. The molecule has 4 rings (SSSR count). The van der Waals surface area contributed by atoms with Crippen molar-refractivity contribution in [2.24, 2.45) is 0 Å². The van der Waals surface area contributed by atoms with Gasteiger partial charge in [0.1, 0.15) is 6.54 Å². The van der Waals surface area contributed by atoms with Crippen molar-refractivity contribution in [3.8, 4) is 17.0 Å². The van der Waals surface area contributed by atoms with Gasteiger partial charge >= 0.3 is 5.92 Å². The summed E-state index contributed by atoms with van der Waals surface area (Å²) in [5.41, 5.74) is 0.909. The maximum absolute atomic E-state index is 13.6. The average molecular weight is 388 g/mol. The number of carbonyl (C=O) groups is 1. The first-order chi connectivity index (χ1) is 11.8. The molecule has 1 aromatic carbocycles. The second-order valence-electron chi connectivity index (χ2n) is 6.21. The molecule has 0 atom stereocenters. The number of nitrogens with zero attached hydrogens (tertiary/aromatic N) is 2. The van der Waals surface area contributed by atoms with Gasteiger partial charge in [-0.1, -0.05) is 29.3 Å². The van der Waals surface area contributed by atoms with Gasteiger partial charge in [-0.2, -0.15) is 5.10 Å². The Bertz CT molecular complexity index is 865. The number of alkyl halides is 2. The molecule has 1 aliphatic heterocycles. The number of fused-ring (bicyclic) bond motifs is 1. The highest BCUT2D eigenvalue weighted by Crippen LogP contribution is 2.40. The van der Waals surface area contributed by atoms with E-state index in [1.165, 1.54) is 0 Å². The summed E-state index contributed by atoms with van der Waals surface area (Å²) in [7, 11) is 0. The van der Waals surface area contributed by atoms with Gasteiger partial charge in [0.05, 0.1) is 15.6 Å². The van der Waals surface area contributed by atoms with Gasteiger partial charge in [-0.25, -0.2) is 13.5 Å². The monoisotopic (exact) mass is 387 g/mol. The molecular formula is C16H13Cl2F2N3O2. The Morgan fingerprint density at radius 1 is 1.32 bits per heavy atom. The minimum Gasteiger partial charge on any atom is -0.471 e. The van der Waals surface area contributed by atoms with E-state index in [9.17, 15) is 13.6 Å². The lowest BCUT2D eigenvalue weighted by atomic mass is 10.1. The van der Waals surface area contributed by atoms with Crippen LogP contribution in [0.3, 0.4) is 0 Å². The van der Waals surface area contributed by atoms with Gasteiger partial charge in [-0.05, 0) is 30.5 Å². The van der Waals surface area contributed by atoms with Gasteiger partial charge in [0.15, 0.2) is 12.3 Å². The Balaban J connectivity index is 1.83. The van der Waals surface area contributed by atoms with Crippen molar-refractivity contribution in [2.45, 2.75) is 31.4 Å². The van der Waals surface area contributed by atoms with Crippen molar-refractivity contribution in [1.29, 1.82) is 0 Å². The maximum atomic E-state index is 13.6. The van der Waals surface area contributed by atoms with Crippen LogP contribution in [0.4, 0.5) is 8.78 Å². The lowest BCUT2D eigenvalue weighted by Gasteiger charge is -2.24. The van der Waals surface area contributed by atoms with Gasteiger partial charge in [0, 0.05) is 6.04 Å². The van der Waals surface area contributed by atoms with Crippen molar-refractivity contribution in [3.63, 3.8) is 0 Å². The predicted octanol–water partition coefficient (Wildman–Crippen LogP) is 3.78. The molecule has 1 N–H and O–H groups in total. The number of carbonyl (C=O) groups excluding carboxylic acids is 1. The first-order valence-electron chi connectivity index (χ1n) is 7.72. The summed E-state index contributed by atoms with van der Waals surface area (Å²) in [5, 5.41) is 7.53. The summed E-state index contributed by atoms with van der Waals surface area (Å²) >= 11 is 12.0. The quantitative estimate of drug-likeness (QED) is 0.871. The van der Waals surface area contributed by atoms with E-state index in [1.807, 2.05) is 0 Å². The van der Waals surface area contributed by atoms with E-state index in [-0.39, 0.29) is 22.6 Å². The van der Waals surface area contributed by atoms with E-state index in [2.05, 4.69) is 10.4 Å². The number of ether oxygens (including phenoxy) is 1. The van der Waals surface area contributed by atoms with Crippen LogP contribution in [0, 0.1) is 0 Å². The van der Waals surface area contributed by atoms with E-state index in [0.717, 1.165) is 17.5 Å². The normalized spacial score (nSPS) is 18.4. The number of rotatable bonds is 3. The van der Waals surface area contributed by atoms with Crippen molar-refractivity contribution >= 4 is 29.1 Å². The first-order valence-corrected chi connectivity index (χ1v) is 8.47. The standard InChI is InChI=1S/C16H13Cl2F2N3O2/c17-10-4-1-8(5-11(10)18)12-13(14(24)21-9-2-3-9)22-23-6-16(19,20)7-25-15(12)23/h1,4-5,9H,2-3,6-7H2,(H,21,24). The first kappa shape index (κ1) is 16.6. The Morgan fingerprint density at radius 3 is 2.76 bits per heavy atom. The summed E-state index contributed by atoms with van der Waals surface area (Å²) in [6.07, 6.45) is 1.80. The third-order valence-electron chi connectivity index (χ3n) is 4.04. The molecule has 0 unspecified atom stereocenters. The highest BCUT2D eigenvalue weighted by molar-refractivity contribution is 6.42. The molecule has 25 heavy (non-hydrogen) atoms. The molecule has 0 saturated heterocycles. The molecule has 1 aromatic heterocycles. The zero-order valence-corrected chi connectivity index (χ0v) is 14.4. The number of aromatic nitrogens is 2. The molecule has 1 aliphatic carbocycles. The van der Waals surface area contributed by atoms with Crippen molar-refractivity contribution in [2.75, 3.05) is 6.61 Å². The summed E-state index contributed by atoms with van der Waals surface area (Å²) < 4.78 is 33.6. The van der Waals surface area contributed by atoms with Crippen LogP contribution >= 0.6 is 23.2 Å². The fraction of sp³-hybridized carbons (Fsp3) is 0.375. The minimum absolute atomic E-state index is 0.0398. The van der Waals surface area contributed by atoms with Crippen molar-refractivity contribution in [3.05, 3.63) is 33.9 Å². The second-order valence-corrected chi connectivity index (χ2v) is 7.02. The molecule has 0 spiro atoms. The van der Waals surface area contributed by atoms with E-state index in [4.69, 9.17) is 27.9 Å². The summed E-state index contributed by atoms with van der Waals surface area (Å²) in [6.45, 7) is -1.41. The number of nitrogens with one attached hydrogen (secondary N) is 1. The van der Waals surface area contributed by atoms with Crippen LogP contribution in [0.1, 0.15) is 23.3 Å². The molecule has 0 radical (unpaired) electrons. The molecule has 9 heteroatoms.